The van der Waals surface area contributed by atoms with Gasteiger partial charge in [-0.2, -0.15) is 5.10 Å². The SMILES string of the molecule is O=c1scnn1Cc1ccc(CO)cc1. The molecule has 0 spiro atoms. The fourth-order valence-corrected chi connectivity index (χ4v) is 1.75. The fourth-order valence-electron chi connectivity index (χ4n) is 1.26. The minimum Gasteiger partial charge on any atom is -0.392 e. The van der Waals surface area contributed by atoms with Crippen molar-refractivity contribution in [3.63, 3.8) is 0 Å². The molecule has 0 saturated heterocycles. The number of hydrogen-bond donors (Lipinski definition) is 1. The van der Waals surface area contributed by atoms with Crippen LogP contribution >= 0.6 is 11.3 Å². The van der Waals surface area contributed by atoms with Gasteiger partial charge in [0.15, 0.2) is 0 Å². The second kappa shape index (κ2) is 4.37. The summed E-state index contributed by atoms with van der Waals surface area (Å²) in [6.45, 7) is 0.519. The van der Waals surface area contributed by atoms with Crippen molar-refractivity contribution in [1.82, 2.24) is 9.78 Å². The summed E-state index contributed by atoms with van der Waals surface area (Å²) in [6, 6.07) is 7.45. The molecule has 78 valence electrons. The lowest BCUT2D eigenvalue weighted by molar-refractivity contribution is 0.282. The maximum atomic E-state index is 11.2. The molecule has 2 aromatic rings. The topological polar surface area (TPSA) is 55.1 Å². The molecule has 5 heteroatoms. The minimum absolute atomic E-state index is 0.0386. The quantitative estimate of drug-likeness (QED) is 0.837. The van der Waals surface area contributed by atoms with Crippen LogP contribution in [-0.2, 0) is 13.2 Å². The first-order valence-corrected chi connectivity index (χ1v) is 5.37. The lowest BCUT2D eigenvalue weighted by atomic mass is 10.1. The zero-order valence-electron chi connectivity index (χ0n) is 7.96. The van der Waals surface area contributed by atoms with Crippen molar-refractivity contribution >= 4 is 11.3 Å². The maximum absolute atomic E-state index is 11.2. The molecule has 1 N–H and O–H groups in total. The van der Waals surface area contributed by atoms with Crippen molar-refractivity contribution < 1.29 is 5.11 Å². The van der Waals surface area contributed by atoms with Gasteiger partial charge in [0.1, 0.15) is 5.51 Å². The van der Waals surface area contributed by atoms with Crippen molar-refractivity contribution in [2.45, 2.75) is 13.2 Å². The lowest BCUT2D eigenvalue weighted by Gasteiger charge is -2.01. The first kappa shape index (κ1) is 10.1. The number of aliphatic hydroxyl groups is 1. The molecule has 1 aromatic heterocycles. The number of aliphatic hydroxyl groups excluding tert-OH is 1. The molecule has 2 rings (SSSR count). The van der Waals surface area contributed by atoms with Crippen LogP contribution in [0.3, 0.4) is 0 Å². The van der Waals surface area contributed by atoms with E-state index in [1.165, 1.54) is 10.2 Å². The molecule has 1 heterocycles. The molecule has 0 radical (unpaired) electrons. The first-order chi connectivity index (χ1) is 7.29. The molecule has 4 nitrogen and oxygen atoms in total. The van der Waals surface area contributed by atoms with Gasteiger partial charge >= 0.3 is 4.87 Å². The Morgan fingerprint density at radius 1 is 1.27 bits per heavy atom. The summed E-state index contributed by atoms with van der Waals surface area (Å²) in [5.74, 6) is 0. The van der Waals surface area contributed by atoms with E-state index >= 15 is 0 Å². The van der Waals surface area contributed by atoms with Gasteiger partial charge in [-0.15, -0.1) is 0 Å². The predicted octanol–water partition coefficient (Wildman–Crippen LogP) is 0.845. The van der Waals surface area contributed by atoms with Gasteiger partial charge in [-0.3, -0.25) is 4.79 Å². The van der Waals surface area contributed by atoms with Crippen molar-refractivity contribution in [2.75, 3.05) is 0 Å². The van der Waals surface area contributed by atoms with E-state index in [0.29, 0.717) is 6.54 Å². The third kappa shape index (κ3) is 2.31. The Hall–Kier alpha value is -1.46. The summed E-state index contributed by atoms with van der Waals surface area (Å²) in [4.78, 5) is 11.2. The summed E-state index contributed by atoms with van der Waals surface area (Å²) in [5, 5.41) is 12.8. The maximum Gasteiger partial charge on any atom is 0.325 e. The van der Waals surface area contributed by atoms with Crippen LogP contribution in [0.1, 0.15) is 11.1 Å². The average Bonchev–Trinajstić information content (AvgIpc) is 2.66. The van der Waals surface area contributed by atoms with E-state index in [4.69, 9.17) is 5.11 Å². The van der Waals surface area contributed by atoms with Gasteiger partial charge in [0.25, 0.3) is 0 Å². The van der Waals surface area contributed by atoms with Crippen LogP contribution in [0.4, 0.5) is 0 Å². The van der Waals surface area contributed by atoms with E-state index in [1.807, 2.05) is 24.3 Å². The molecule has 0 amide bonds. The standard InChI is InChI=1S/C10H10N2O2S/c13-6-9-3-1-8(2-4-9)5-12-10(14)15-7-11-12/h1-4,7,13H,5-6H2. The molecular formula is C10H10N2O2S. The van der Waals surface area contributed by atoms with E-state index in [9.17, 15) is 4.79 Å². The monoisotopic (exact) mass is 222 g/mol. The average molecular weight is 222 g/mol. The van der Waals surface area contributed by atoms with Gasteiger partial charge < -0.3 is 5.11 Å². The van der Waals surface area contributed by atoms with Gasteiger partial charge in [0.05, 0.1) is 13.2 Å². The van der Waals surface area contributed by atoms with Crippen LogP contribution < -0.4 is 4.87 Å². The molecular weight excluding hydrogens is 212 g/mol. The Balaban J connectivity index is 2.18. The van der Waals surface area contributed by atoms with Gasteiger partial charge in [-0.05, 0) is 11.1 Å². The largest absolute Gasteiger partial charge is 0.392 e. The Bertz CT molecular complexity index is 487. The molecule has 0 aliphatic rings. The van der Waals surface area contributed by atoms with E-state index < -0.39 is 0 Å². The summed E-state index contributed by atoms with van der Waals surface area (Å²) >= 11 is 1.09. The second-order valence-corrected chi connectivity index (χ2v) is 3.93. The van der Waals surface area contributed by atoms with Gasteiger partial charge in [-0.1, -0.05) is 35.6 Å². The molecule has 15 heavy (non-hydrogen) atoms. The highest BCUT2D eigenvalue weighted by molar-refractivity contribution is 7.06. The summed E-state index contributed by atoms with van der Waals surface area (Å²) in [7, 11) is 0. The normalized spacial score (nSPS) is 10.5. The minimum atomic E-state index is -0.0544. The number of nitrogens with zero attached hydrogens (tertiary/aromatic N) is 2. The molecule has 0 saturated carbocycles. The van der Waals surface area contributed by atoms with Crippen molar-refractivity contribution in [3.05, 3.63) is 50.6 Å². The summed E-state index contributed by atoms with van der Waals surface area (Å²) in [6.07, 6.45) is 0. The molecule has 0 fully saturated rings. The molecule has 0 bridgehead atoms. The highest BCUT2D eigenvalue weighted by Gasteiger charge is 1.99. The van der Waals surface area contributed by atoms with Crippen LogP contribution in [0.15, 0.2) is 34.6 Å². The van der Waals surface area contributed by atoms with Crippen LogP contribution in [0.25, 0.3) is 0 Å². The molecule has 1 aromatic carbocycles. The number of hydrogen-bond acceptors (Lipinski definition) is 4. The lowest BCUT2D eigenvalue weighted by Crippen LogP contribution is -2.15. The van der Waals surface area contributed by atoms with Crippen LogP contribution in [0.2, 0.25) is 0 Å². The van der Waals surface area contributed by atoms with E-state index in [1.54, 1.807) is 0 Å². The Morgan fingerprint density at radius 2 is 1.93 bits per heavy atom. The van der Waals surface area contributed by atoms with Crippen molar-refractivity contribution in [1.29, 1.82) is 0 Å². The molecule has 0 aliphatic carbocycles. The van der Waals surface area contributed by atoms with Crippen LogP contribution in [-0.4, -0.2) is 14.9 Å². The Labute approximate surface area is 90.4 Å². The third-order valence-corrected chi connectivity index (χ3v) is 2.70. The fraction of sp³-hybridized carbons (Fsp3) is 0.200. The van der Waals surface area contributed by atoms with Crippen molar-refractivity contribution in [3.8, 4) is 0 Å². The molecule has 0 aliphatic heterocycles. The van der Waals surface area contributed by atoms with Crippen LogP contribution in [0.5, 0.6) is 0 Å². The first-order valence-electron chi connectivity index (χ1n) is 4.49. The summed E-state index contributed by atoms with van der Waals surface area (Å²) < 4.78 is 1.42. The second-order valence-electron chi connectivity index (χ2n) is 3.14. The van der Waals surface area contributed by atoms with Gasteiger partial charge in [-0.25, -0.2) is 4.68 Å². The highest BCUT2D eigenvalue weighted by Crippen LogP contribution is 2.05. The summed E-state index contributed by atoms with van der Waals surface area (Å²) in [5.41, 5.74) is 3.40. The third-order valence-electron chi connectivity index (χ3n) is 2.09. The van der Waals surface area contributed by atoms with Crippen LogP contribution in [0, 0.1) is 0 Å². The number of aromatic nitrogens is 2. The molecule has 0 unspecified atom stereocenters. The molecule has 0 atom stereocenters. The zero-order chi connectivity index (χ0) is 10.7. The van der Waals surface area contributed by atoms with E-state index in [0.717, 1.165) is 22.5 Å². The van der Waals surface area contributed by atoms with Gasteiger partial charge in [0, 0.05) is 0 Å². The van der Waals surface area contributed by atoms with E-state index in [2.05, 4.69) is 5.10 Å². The van der Waals surface area contributed by atoms with Crippen molar-refractivity contribution in [2.24, 2.45) is 0 Å². The smallest absolute Gasteiger partial charge is 0.325 e. The van der Waals surface area contributed by atoms with Gasteiger partial charge in [0.2, 0.25) is 0 Å². The zero-order valence-corrected chi connectivity index (χ0v) is 8.78. The van der Waals surface area contributed by atoms with E-state index in [-0.39, 0.29) is 11.5 Å². The highest BCUT2D eigenvalue weighted by atomic mass is 32.1. The number of rotatable bonds is 3. The Morgan fingerprint density at radius 3 is 2.47 bits per heavy atom. The predicted molar refractivity (Wildman–Crippen MR) is 57.8 cm³/mol. The number of benzene rings is 1. The Kier molecular flexibility index (Phi) is 2.94.